The van der Waals surface area contributed by atoms with Gasteiger partial charge in [-0.25, -0.2) is 5.01 Å². The number of nitrogens with zero attached hydrogens (tertiary/aromatic N) is 3. The topological polar surface area (TPSA) is 88.8 Å². The van der Waals surface area contributed by atoms with E-state index in [9.17, 15) is 14.4 Å². The van der Waals surface area contributed by atoms with Crippen molar-refractivity contribution in [1.29, 1.82) is 0 Å². The minimum atomic E-state index is -0.770. The summed E-state index contributed by atoms with van der Waals surface area (Å²) in [5.41, 5.74) is 1.60. The van der Waals surface area contributed by atoms with Crippen LogP contribution in [0.15, 0.2) is 60.8 Å². The van der Waals surface area contributed by atoms with Crippen LogP contribution < -0.4 is 5.32 Å². The van der Waals surface area contributed by atoms with Crippen molar-refractivity contribution in [1.82, 2.24) is 25.2 Å². The molecule has 0 saturated carbocycles. The van der Waals surface area contributed by atoms with E-state index in [-0.39, 0.29) is 17.7 Å². The zero-order valence-corrected chi connectivity index (χ0v) is 24.7. The third kappa shape index (κ3) is 6.39. The van der Waals surface area contributed by atoms with Crippen molar-refractivity contribution >= 4 is 28.6 Å². The van der Waals surface area contributed by atoms with Gasteiger partial charge in [-0.3, -0.25) is 19.4 Å². The Hall–Kier alpha value is -3.65. The molecule has 0 aliphatic carbocycles. The minimum absolute atomic E-state index is 0.00856. The monoisotopic (exact) mass is 545 g/mol. The van der Waals surface area contributed by atoms with E-state index >= 15 is 0 Å². The normalized spacial score (nSPS) is 18.5. The fraction of sp³-hybridized carbons (Fsp3) is 0.469. The van der Waals surface area contributed by atoms with Gasteiger partial charge in [0, 0.05) is 63.2 Å². The number of aromatic amines is 1. The zero-order chi connectivity index (χ0) is 29.1. The van der Waals surface area contributed by atoms with E-state index in [0.717, 1.165) is 22.0 Å². The average Bonchev–Trinajstić information content (AvgIpc) is 3.34. The molecule has 8 nitrogen and oxygen atoms in total. The second-order valence-corrected chi connectivity index (χ2v) is 12.3. The highest BCUT2D eigenvalue weighted by Crippen LogP contribution is 2.36. The number of nitrogens with one attached hydrogen (secondary N) is 2. The summed E-state index contributed by atoms with van der Waals surface area (Å²) in [5, 5.41) is 7.51. The number of amides is 3. The van der Waals surface area contributed by atoms with Crippen LogP contribution in [0.1, 0.15) is 44.7 Å². The summed E-state index contributed by atoms with van der Waals surface area (Å²) in [7, 11) is 5.47. The first kappa shape index (κ1) is 29.3. The third-order valence-corrected chi connectivity index (χ3v) is 8.01. The maximum absolute atomic E-state index is 14.3. The van der Waals surface area contributed by atoms with Crippen molar-refractivity contribution in [3.8, 4) is 0 Å². The number of H-pyrrole nitrogens is 1. The highest BCUT2D eigenvalue weighted by Gasteiger charge is 2.46. The van der Waals surface area contributed by atoms with Gasteiger partial charge in [-0.05, 0) is 36.5 Å². The van der Waals surface area contributed by atoms with Gasteiger partial charge in [-0.15, -0.1) is 0 Å². The number of rotatable bonds is 8. The highest BCUT2D eigenvalue weighted by atomic mass is 16.2. The Morgan fingerprint density at radius 2 is 1.70 bits per heavy atom. The van der Waals surface area contributed by atoms with E-state index in [4.69, 9.17) is 0 Å². The largest absolute Gasteiger partial charge is 0.361 e. The Bertz CT molecular complexity index is 1340. The summed E-state index contributed by atoms with van der Waals surface area (Å²) in [6.45, 7) is 6.38. The van der Waals surface area contributed by atoms with Crippen LogP contribution in [0.25, 0.3) is 10.9 Å². The van der Waals surface area contributed by atoms with E-state index < -0.39 is 16.9 Å². The molecule has 0 radical (unpaired) electrons. The first-order valence-electron chi connectivity index (χ1n) is 14.1. The molecule has 8 heteroatoms. The maximum Gasteiger partial charge on any atom is 0.245 e. The van der Waals surface area contributed by atoms with Crippen molar-refractivity contribution in [2.24, 2.45) is 10.8 Å². The summed E-state index contributed by atoms with van der Waals surface area (Å²) in [6, 6.07) is 17.2. The Labute approximate surface area is 237 Å². The number of hydrogen-bond donors (Lipinski definition) is 2. The minimum Gasteiger partial charge on any atom is -0.361 e. The van der Waals surface area contributed by atoms with Crippen molar-refractivity contribution in [3.63, 3.8) is 0 Å². The first-order valence-corrected chi connectivity index (χ1v) is 14.1. The molecule has 2 atom stereocenters. The molecule has 0 unspecified atom stereocenters. The van der Waals surface area contributed by atoms with Gasteiger partial charge in [0.2, 0.25) is 17.7 Å². The molecular weight excluding hydrogens is 502 g/mol. The number of fused-ring (bicyclic) bond motifs is 1. The van der Waals surface area contributed by atoms with Crippen molar-refractivity contribution < 1.29 is 14.4 Å². The van der Waals surface area contributed by atoms with Gasteiger partial charge in [0.1, 0.15) is 6.04 Å². The fourth-order valence-electron chi connectivity index (χ4n) is 5.54. The predicted octanol–water partition coefficient (Wildman–Crippen LogP) is 4.03. The molecule has 1 aliphatic rings. The Kier molecular flexibility index (Phi) is 8.68. The fourth-order valence-corrected chi connectivity index (χ4v) is 5.54. The lowest BCUT2D eigenvalue weighted by Gasteiger charge is -2.45. The molecule has 4 rings (SSSR count). The quantitative estimate of drug-likeness (QED) is 0.419. The van der Waals surface area contributed by atoms with Crippen LogP contribution in [0.5, 0.6) is 0 Å². The summed E-state index contributed by atoms with van der Waals surface area (Å²) in [6.07, 6.45) is 4.21. The lowest BCUT2D eigenvalue weighted by molar-refractivity contribution is -0.159. The Morgan fingerprint density at radius 3 is 2.38 bits per heavy atom. The second kappa shape index (κ2) is 11.8. The molecule has 1 aliphatic heterocycles. The van der Waals surface area contributed by atoms with Crippen LogP contribution in [-0.4, -0.2) is 77.9 Å². The van der Waals surface area contributed by atoms with Crippen molar-refractivity contribution in [2.75, 3.05) is 34.2 Å². The van der Waals surface area contributed by atoms with Crippen LogP contribution in [0.4, 0.5) is 0 Å². The molecule has 1 saturated heterocycles. The van der Waals surface area contributed by atoms with Crippen LogP contribution >= 0.6 is 0 Å². The van der Waals surface area contributed by atoms with Gasteiger partial charge in [0.15, 0.2) is 0 Å². The predicted molar refractivity (Wildman–Crippen MR) is 158 cm³/mol. The van der Waals surface area contributed by atoms with Gasteiger partial charge in [-0.1, -0.05) is 69.3 Å². The Balaban J connectivity index is 1.66. The standard InChI is InChI=1S/C32H43N5O3/c1-31(2,3)29(39)34-27(19-24-21-33-26-16-11-10-15-25(24)26)28(38)37-18-12-17-32(22-37,30(40)36(6)35(4)5)20-23-13-8-7-9-14-23/h7-11,13-16,21,27,33H,12,17-20,22H2,1-6H3,(H,34,39)/t27-,32-/m1/s1. The molecule has 0 bridgehead atoms. The van der Waals surface area contributed by atoms with Gasteiger partial charge < -0.3 is 15.2 Å². The Morgan fingerprint density at radius 1 is 1.02 bits per heavy atom. The SMILES string of the molecule is CN(C)N(C)C(=O)[C@@]1(Cc2ccccc2)CCCN(C(=O)[C@@H](Cc2c[nH]c3ccccc23)NC(=O)C(C)(C)C)C1. The molecule has 0 spiro atoms. The molecule has 214 valence electrons. The molecule has 40 heavy (non-hydrogen) atoms. The van der Waals surface area contributed by atoms with E-state index in [2.05, 4.69) is 10.3 Å². The van der Waals surface area contributed by atoms with Gasteiger partial charge in [0.05, 0.1) is 5.41 Å². The summed E-state index contributed by atoms with van der Waals surface area (Å²) < 4.78 is 0. The lowest BCUT2D eigenvalue weighted by atomic mass is 9.74. The molecule has 2 N–H and O–H groups in total. The van der Waals surface area contributed by atoms with Crippen molar-refractivity contribution in [3.05, 3.63) is 71.9 Å². The number of hydrogen-bond acceptors (Lipinski definition) is 4. The van der Waals surface area contributed by atoms with Crippen LogP contribution in [0.3, 0.4) is 0 Å². The molecule has 2 heterocycles. The van der Waals surface area contributed by atoms with E-state index in [1.807, 2.05) is 95.7 Å². The molecule has 3 amide bonds. The van der Waals surface area contributed by atoms with Crippen LogP contribution in [0, 0.1) is 10.8 Å². The van der Waals surface area contributed by atoms with Crippen LogP contribution in [0.2, 0.25) is 0 Å². The smallest absolute Gasteiger partial charge is 0.245 e. The molecule has 1 aromatic heterocycles. The third-order valence-electron chi connectivity index (χ3n) is 8.01. The molecule has 1 fully saturated rings. The number of likely N-dealkylation sites (tertiary alicyclic amines) is 1. The van der Waals surface area contributed by atoms with Gasteiger partial charge in [0.25, 0.3) is 0 Å². The summed E-state index contributed by atoms with van der Waals surface area (Å²) >= 11 is 0. The van der Waals surface area contributed by atoms with E-state index in [1.165, 1.54) is 0 Å². The number of carbonyl (C=O) groups is 3. The highest BCUT2D eigenvalue weighted by molar-refractivity contribution is 5.92. The maximum atomic E-state index is 14.3. The van der Waals surface area contributed by atoms with Crippen LogP contribution in [-0.2, 0) is 27.2 Å². The molecule has 3 aromatic rings. The lowest BCUT2D eigenvalue weighted by Crippen LogP contribution is -2.60. The number of para-hydroxylation sites is 1. The number of piperidine rings is 1. The average molecular weight is 546 g/mol. The number of aromatic nitrogens is 1. The van der Waals surface area contributed by atoms with E-state index in [0.29, 0.717) is 38.8 Å². The van der Waals surface area contributed by atoms with E-state index in [1.54, 1.807) is 22.0 Å². The molecule has 2 aromatic carbocycles. The zero-order valence-electron chi connectivity index (χ0n) is 24.7. The molecular formula is C32H43N5O3. The number of hydrazine groups is 1. The second-order valence-electron chi connectivity index (χ2n) is 12.3. The first-order chi connectivity index (χ1) is 18.9. The summed E-state index contributed by atoms with van der Waals surface area (Å²) in [5.74, 6) is -0.340. The summed E-state index contributed by atoms with van der Waals surface area (Å²) in [4.78, 5) is 46.5. The number of benzene rings is 2. The number of carbonyl (C=O) groups excluding carboxylic acids is 3. The van der Waals surface area contributed by atoms with Crippen molar-refractivity contribution in [2.45, 2.75) is 52.5 Å². The van der Waals surface area contributed by atoms with Gasteiger partial charge in [-0.2, -0.15) is 0 Å². The van der Waals surface area contributed by atoms with Gasteiger partial charge >= 0.3 is 0 Å².